The maximum atomic E-state index is 3.83. The molecule has 0 spiro atoms. The van der Waals surface area contributed by atoms with E-state index in [4.69, 9.17) is 0 Å². The monoisotopic (exact) mass is 296 g/mol. The van der Waals surface area contributed by atoms with Crippen molar-refractivity contribution in [3.63, 3.8) is 0 Å². The molecule has 0 bridgehead atoms. The van der Waals surface area contributed by atoms with Gasteiger partial charge in [-0.3, -0.25) is 4.90 Å². The molecule has 4 unspecified atom stereocenters. The highest BCUT2D eigenvalue weighted by Crippen LogP contribution is 2.26. The minimum Gasteiger partial charge on any atom is -0.309 e. The van der Waals surface area contributed by atoms with Gasteiger partial charge in [-0.1, -0.05) is 60.3 Å². The average molecular weight is 297 g/mol. The summed E-state index contributed by atoms with van der Waals surface area (Å²) >= 11 is 0. The summed E-state index contributed by atoms with van der Waals surface area (Å²) in [5.74, 6) is 1.68. The van der Waals surface area contributed by atoms with Gasteiger partial charge >= 0.3 is 0 Å². The molecule has 126 valence electrons. The Morgan fingerprint density at radius 3 is 2.43 bits per heavy atom. The molecule has 2 heteroatoms. The van der Waals surface area contributed by atoms with Gasteiger partial charge in [-0.2, -0.15) is 0 Å². The maximum Gasteiger partial charge on any atom is 0.0278 e. The van der Waals surface area contributed by atoms with Crippen LogP contribution in [0.25, 0.3) is 0 Å². The Balaban J connectivity index is 2.72. The summed E-state index contributed by atoms with van der Waals surface area (Å²) < 4.78 is 0. The van der Waals surface area contributed by atoms with E-state index in [0.717, 1.165) is 17.9 Å². The van der Waals surface area contributed by atoms with E-state index in [1.807, 2.05) is 0 Å². The number of hydrogen-bond donors (Lipinski definition) is 1. The van der Waals surface area contributed by atoms with E-state index in [-0.39, 0.29) is 0 Å². The third kappa shape index (κ3) is 5.56. The number of nitrogens with zero attached hydrogens (tertiary/aromatic N) is 1. The molecule has 1 aliphatic heterocycles. The SMILES string of the molecule is CCCCC(CC)CN1CC(C)(CC)NCC1C(C)CC. The molecule has 0 aromatic carbocycles. The average Bonchev–Trinajstić information content (AvgIpc) is 2.50. The molecule has 2 nitrogen and oxygen atoms in total. The molecule has 1 saturated heterocycles. The molecule has 0 radical (unpaired) electrons. The summed E-state index contributed by atoms with van der Waals surface area (Å²) in [6, 6.07) is 0.727. The van der Waals surface area contributed by atoms with Crippen molar-refractivity contribution in [2.24, 2.45) is 11.8 Å². The number of rotatable bonds is 9. The van der Waals surface area contributed by atoms with Crippen LogP contribution in [-0.2, 0) is 0 Å². The molecule has 21 heavy (non-hydrogen) atoms. The zero-order valence-electron chi connectivity index (χ0n) is 15.5. The van der Waals surface area contributed by atoms with Gasteiger partial charge in [0.05, 0.1) is 0 Å². The Labute approximate surface area is 134 Å². The minimum absolute atomic E-state index is 0.313. The van der Waals surface area contributed by atoms with Gasteiger partial charge in [0.1, 0.15) is 0 Å². The number of hydrogen-bond acceptors (Lipinski definition) is 2. The van der Waals surface area contributed by atoms with E-state index in [1.54, 1.807) is 0 Å². The Hall–Kier alpha value is -0.0800. The first kappa shape index (κ1) is 19.0. The van der Waals surface area contributed by atoms with Gasteiger partial charge in [0.15, 0.2) is 0 Å². The lowest BCUT2D eigenvalue weighted by atomic mass is 9.86. The molecule has 0 aromatic heterocycles. The summed E-state index contributed by atoms with van der Waals surface area (Å²) in [5.41, 5.74) is 0.313. The van der Waals surface area contributed by atoms with Crippen molar-refractivity contribution in [2.75, 3.05) is 19.6 Å². The first-order valence-corrected chi connectivity index (χ1v) is 9.48. The maximum absolute atomic E-state index is 3.83. The van der Waals surface area contributed by atoms with Crippen LogP contribution in [0, 0.1) is 11.8 Å². The summed E-state index contributed by atoms with van der Waals surface area (Å²) in [5, 5.41) is 3.83. The van der Waals surface area contributed by atoms with Crippen LogP contribution in [0.5, 0.6) is 0 Å². The van der Waals surface area contributed by atoms with Crippen molar-refractivity contribution in [3.8, 4) is 0 Å². The number of nitrogens with one attached hydrogen (secondary N) is 1. The Kier molecular flexibility index (Phi) is 8.26. The number of unbranched alkanes of at least 4 members (excludes halogenated alkanes) is 1. The summed E-state index contributed by atoms with van der Waals surface area (Å²) in [6.07, 6.45) is 7.98. The molecule has 1 aliphatic rings. The highest BCUT2D eigenvalue weighted by Gasteiger charge is 2.36. The molecule has 1 N–H and O–H groups in total. The lowest BCUT2D eigenvalue weighted by Crippen LogP contribution is -2.64. The van der Waals surface area contributed by atoms with Crippen molar-refractivity contribution in [3.05, 3.63) is 0 Å². The van der Waals surface area contributed by atoms with Crippen molar-refractivity contribution < 1.29 is 0 Å². The predicted molar refractivity (Wildman–Crippen MR) is 94.8 cm³/mol. The molecule has 1 fully saturated rings. The van der Waals surface area contributed by atoms with Crippen LogP contribution in [0.2, 0.25) is 0 Å². The van der Waals surface area contributed by atoms with Crippen molar-refractivity contribution >= 4 is 0 Å². The van der Waals surface area contributed by atoms with Crippen molar-refractivity contribution in [2.45, 2.75) is 91.6 Å². The number of piperazine rings is 1. The molecular weight excluding hydrogens is 256 g/mol. The Bertz CT molecular complexity index is 279. The Morgan fingerprint density at radius 1 is 1.19 bits per heavy atom. The fourth-order valence-corrected chi connectivity index (χ4v) is 3.62. The lowest BCUT2D eigenvalue weighted by Gasteiger charge is -2.49. The highest BCUT2D eigenvalue weighted by molar-refractivity contribution is 4.96. The van der Waals surface area contributed by atoms with Crippen LogP contribution in [0.15, 0.2) is 0 Å². The van der Waals surface area contributed by atoms with Gasteiger partial charge in [0, 0.05) is 31.2 Å². The zero-order valence-corrected chi connectivity index (χ0v) is 15.5. The zero-order chi connectivity index (χ0) is 15.9. The smallest absolute Gasteiger partial charge is 0.0278 e. The van der Waals surface area contributed by atoms with E-state index < -0.39 is 0 Å². The van der Waals surface area contributed by atoms with Crippen LogP contribution in [-0.4, -0.2) is 36.1 Å². The third-order valence-corrected chi connectivity index (χ3v) is 5.88. The largest absolute Gasteiger partial charge is 0.309 e. The standard InChI is InChI=1S/C19H40N2/c1-7-11-12-17(9-3)14-21-15-19(6,10-4)20-13-18(21)16(5)8-2/h16-18,20H,7-15H2,1-6H3. The topological polar surface area (TPSA) is 15.3 Å². The van der Waals surface area contributed by atoms with Crippen LogP contribution >= 0.6 is 0 Å². The molecule has 0 aromatic rings. The van der Waals surface area contributed by atoms with Gasteiger partial charge in [-0.25, -0.2) is 0 Å². The lowest BCUT2D eigenvalue weighted by molar-refractivity contribution is 0.0403. The van der Waals surface area contributed by atoms with Crippen LogP contribution in [0.1, 0.15) is 80.1 Å². The third-order valence-electron chi connectivity index (χ3n) is 5.88. The first-order valence-electron chi connectivity index (χ1n) is 9.48. The molecular formula is C19H40N2. The van der Waals surface area contributed by atoms with Crippen molar-refractivity contribution in [1.29, 1.82) is 0 Å². The Morgan fingerprint density at radius 2 is 1.90 bits per heavy atom. The van der Waals surface area contributed by atoms with E-state index in [2.05, 4.69) is 51.8 Å². The van der Waals surface area contributed by atoms with Crippen LogP contribution in [0.3, 0.4) is 0 Å². The van der Waals surface area contributed by atoms with Crippen LogP contribution < -0.4 is 5.32 Å². The first-order chi connectivity index (χ1) is 9.99. The quantitative estimate of drug-likeness (QED) is 0.664. The second kappa shape index (κ2) is 9.15. The van der Waals surface area contributed by atoms with Crippen LogP contribution in [0.4, 0.5) is 0 Å². The summed E-state index contributed by atoms with van der Waals surface area (Å²) in [6.45, 7) is 17.9. The van der Waals surface area contributed by atoms with E-state index in [0.29, 0.717) is 5.54 Å². The highest BCUT2D eigenvalue weighted by atomic mass is 15.3. The fourth-order valence-electron chi connectivity index (χ4n) is 3.62. The second-order valence-corrected chi connectivity index (χ2v) is 7.59. The van der Waals surface area contributed by atoms with Gasteiger partial charge < -0.3 is 5.32 Å². The van der Waals surface area contributed by atoms with E-state index in [1.165, 1.54) is 58.2 Å². The van der Waals surface area contributed by atoms with Crippen molar-refractivity contribution in [1.82, 2.24) is 10.2 Å². The molecule has 1 rings (SSSR count). The van der Waals surface area contributed by atoms with Gasteiger partial charge in [0.25, 0.3) is 0 Å². The summed E-state index contributed by atoms with van der Waals surface area (Å²) in [7, 11) is 0. The van der Waals surface area contributed by atoms with Gasteiger partial charge in [0.2, 0.25) is 0 Å². The molecule has 0 saturated carbocycles. The minimum atomic E-state index is 0.313. The molecule has 0 amide bonds. The fraction of sp³-hybridized carbons (Fsp3) is 1.00. The van der Waals surface area contributed by atoms with Gasteiger partial charge in [-0.15, -0.1) is 0 Å². The molecule has 0 aliphatic carbocycles. The van der Waals surface area contributed by atoms with Gasteiger partial charge in [-0.05, 0) is 31.6 Å². The summed E-state index contributed by atoms with van der Waals surface area (Å²) in [4.78, 5) is 2.83. The van der Waals surface area contributed by atoms with E-state index in [9.17, 15) is 0 Å². The molecule has 1 heterocycles. The second-order valence-electron chi connectivity index (χ2n) is 7.59. The van der Waals surface area contributed by atoms with E-state index >= 15 is 0 Å². The predicted octanol–water partition coefficient (Wildman–Crippen LogP) is 4.69. The molecule has 4 atom stereocenters. The normalized spacial score (nSPS) is 30.3.